The molecule has 3 nitrogen and oxygen atoms in total. The van der Waals surface area contributed by atoms with E-state index in [2.05, 4.69) is 36.7 Å². The first-order valence-electron chi connectivity index (χ1n) is 5.48. The summed E-state index contributed by atoms with van der Waals surface area (Å²) in [5.41, 5.74) is 7.89. The predicted octanol–water partition coefficient (Wildman–Crippen LogP) is 3.22. The maximum absolute atomic E-state index is 10.7. The molecule has 0 heterocycles. The largest absolute Gasteiger partial charge is 0.481 e. The number of hydrogen-bond acceptors (Lipinski definition) is 2. The van der Waals surface area contributed by atoms with E-state index in [1.54, 1.807) is 0 Å². The monoisotopic (exact) mass is 299 g/mol. The number of carboxylic acid groups (broad SMARTS) is 1. The highest BCUT2D eigenvalue weighted by molar-refractivity contribution is 9.10. The summed E-state index contributed by atoms with van der Waals surface area (Å²) >= 11 is 3.44. The molecular formula is C13H18BrNO2. The Kier molecular flexibility index (Phi) is 4.33. The van der Waals surface area contributed by atoms with E-state index < -0.39 is 12.0 Å². The number of nitrogens with two attached hydrogens (primary N) is 1. The van der Waals surface area contributed by atoms with Gasteiger partial charge in [-0.1, -0.05) is 42.8 Å². The number of carboxylic acids is 1. The zero-order valence-corrected chi connectivity index (χ0v) is 11.9. The van der Waals surface area contributed by atoms with E-state index in [1.807, 2.05) is 18.2 Å². The van der Waals surface area contributed by atoms with Gasteiger partial charge in [0.15, 0.2) is 0 Å². The van der Waals surface area contributed by atoms with Gasteiger partial charge < -0.3 is 10.8 Å². The lowest BCUT2D eigenvalue weighted by atomic mass is 9.85. The van der Waals surface area contributed by atoms with Crippen LogP contribution in [-0.2, 0) is 10.2 Å². The molecule has 0 aliphatic heterocycles. The molecule has 0 radical (unpaired) electrons. The van der Waals surface area contributed by atoms with Crippen LogP contribution in [-0.4, -0.2) is 11.1 Å². The summed E-state index contributed by atoms with van der Waals surface area (Å²) in [7, 11) is 0. The average Bonchev–Trinajstić information content (AvgIpc) is 2.14. The van der Waals surface area contributed by atoms with Crippen LogP contribution in [0.25, 0.3) is 0 Å². The first-order valence-corrected chi connectivity index (χ1v) is 6.28. The van der Waals surface area contributed by atoms with Crippen molar-refractivity contribution in [1.82, 2.24) is 0 Å². The lowest BCUT2D eigenvalue weighted by molar-refractivity contribution is -0.137. The second-order valence-corrected chi connectivity index (χ2v) is 6.14. The van der Waals surface area contributed by atoms with Crippen molar-refractivity contribution in [3.63, 3.8) is 0 Å². The van der Waals surface area contributed by atoms with Crippen LogP contribution in [0, 0.1) is 0 Å². The molecule has 4 heteroatoms. The summed E-state index contributed by atoms with van der Waals surface area (Å²) in [5, 5.41) is 8.75. The molecule has 0 aliphatic rings. The first kappa shape index (κ1) is 14.2. The van der Waals surface area contributed by atoms with E-state index >= 15 is 0 Å². The van der Waals surface area contributed by atoms with E-state index in [0.717, 1.165) is 15.6 Å². The van der Waals surface area contributed by atoms with Gasteiger partial charge in [-0.15, -0.1) is 0 Å². The second kappa shape index (κ2) is 5.19. The third kappa shape index (κ3) is 4.13. The molecule has 94 valence electrons. The van der Waals surface area contributed by atoms with E-state index in [-0.39, 0.29) is 11.8 Å². The molecule has 0 bridgehead atoms. The van der Waals surface area contributed by atoms with Crippen molar-refractivity contribution in [2.24, 2.45) is 5.73 Å². The van der Waals surface area contributed by atoms with Gasteiger partial charge in [-0.2, -0.15) is 0 Å². The molecule has 3 N–H and O–H groups in total. The molecule has 0 aliphatic carbocycles. The fourth-order valence-electron chi connectivity index (χ4n) is 1.57. The van der Waals surface area contributed by atoms with Crippen LogP contribution in [0.3, 0.4) is 0 Å². The fraction of sp³-hybridized carbons (Fsp3) is 0.462. The molecular weight excluding hydrogens is 282 g/mol. The summed E-state index contributed by atoms with van der Waals surface area (Å²) in [4.78, 5) is 10.7. The van der Waals surface area contributed by atoms with Crippen LogP contribution in [0.2, 0.25) is 0 Å². The minimum absolute atomic E-state index is 0.0154. The van der Waals surface area contributed by atoms with Crippen molar-refractivity contribution >= 4 is 21.9 Å². The molecule has 1 aromatic carbocycles. The molecule has 0 amide bonds. The molecule has 0 fully saturated rings. The van der Waals surface area contributed by atoms with Gasteiger partial charge in [0.2, 0.25) is 0 Å². The first-order chi connectivity index (χ1) is 7.70. The lowest BCUT2D eigenvalue weighted by Gasteiger charge is -2.21. The van der Waals surface area contributed by atoms with Crippen molar-refractivity contribution in [3.8, 4) is 0 Å². The molecule has 0 saturated carbocycles. The Labute approximate surface area is 110 Å². The number of carbonyl (C=O) groups is 1. The zero-order chi connectivity index (χ0) is 13.2. The third-order valence-corrected chi connectivity index (χ3v) is 3.07. The number of benzene rings is 1. The minimum atomic E-state index is -0.880. The van der Waals surface area contributed by atoms with Gasteiger partial charge in [-0.3, -0.25) is 4.79 Å². The Balaban J connectivity index is 3.09. The predicted molar refractivity (Wildman–Crippen MR) is 72.0 cm³/mol. The van der Waals surface area contributed by atoms with Crippen molar-refractivity contribution in [2.45, 2.75) is 38.6 Å². The van der Waals surface area contributed by atoms with Crippen LogP contribution in [0.4, 0.5) is 0 Å². The van der Waals surface area contributed by atoms with Crippen LogP contribution in [0.5, 0.6) is 0 Å². The zero-order valence-electron chi connectivity index (χ0n) is 10.3. The van der Waals surface area contributed by atoms with Gasteiger partial charge in [-0.25, -0.2) is 0 Å². The highest BCUT2D eigenvalue weighted by Crippen LogP contribution is 2.29. The molecule has 1 rings (SSSR count). The molecule has 1 aromatic rings. The fourth-order valence-corrected chi connectivity index (χ4v) is 2.08. The third-order valence-electron chi connectivity index (χ3n) is 2.61. The highest BCUT2D eigenvalue weighted by atomic mass is 79.9. The molecule has 1 atom stereocenters. The number of aliphatic carboxylic acids is 1. The summed E-state index contributed by atoms with van der Waals surface area (Å²) in [6.45, 7) is 6.34. The second-order valence-electron chi connectivity index (χ2n) is 5.23. The van der Waals surface area contributed by atoms with Crippen molar-refractivity contribution in [2.75, 3.05) is 0 Å². The Morgan fingerprint density at radius 1 is 1.41 bits per heavy atom. The Morgan fingerprint density at radius 3 is 2.47 bits per heavy atom. The lowest BCUT2D eigenvalue weighted by Crippen LogP contribution is -2.17. The molecule has 0 spiro atoms. The summed E-state index contributed by atoms with van der Waals surface area (Å²) in [6.07, 6.45) is -0.0555. The maximum Gasteiger partial charge on any atom is 0.305 e. The van der Waals surface area contributed by atoms with E-state index in [4.69, 9.17) is 10.8 Å². The standard InChI is InChI=1S/C13H18BrNO2/c1-13(2,3)9-4-8(5-10(14)6-9)11(15)7-12(16)17/h4-6,11H,7,15H2,1-3H3,(H,16,17)/t11-/m1/s1. The maximum atomic E-state index is 10.7. The minimum Gasteiger partial charge on any atom is -0.481 e. The van der Waals surface area contributed by atoms with Gasteiger partial charge in [-0.05, 0) is 28.7 Å². The van der Waals surface area contributed by atoms with Gasteiger partial charge >= 0.3 is 5.97 Å². The normalized spacial score (nSPS) is 13.5. The van der Waals surface area contributed by atoms with E-state index in [9.17, 15) is 4.79 Å². The van der Waals surface area contributed by atoms with Crippen LogP contribution in [0.1, 0.15) is 44.4 Å². The van der Waals surface area contributed by atoms with Gasteiger partial charge in [0.1, 0.15) is 0 Å². The van der Waals surface area contributed by atoms with Crippen LogP contribution in [0.15, 0.2) is 22.7 Å². The van der Waals surface area contributed by atoms with Crippen molar-refractivity contribution < 1.29 is 9.90 Å². The highest BCUT2D eigenvalue weighted by Gasteiger charge is 2.18. The van der Waals surface area contributed by atoms with E-state index in [0.29, 0.717) is 0 Å². The summed E-state index contributed by atoms with van der Waals surface area (Å²) < 4.78 is 0.931. The molecule has 0 aromatic heterocycles. The Bertz CT molecular complexity index is 424. The van der Waals surface area contributed by atoms with E-state index in [1.165, 1.54) is 0 Å². The van der Waals surface area contributed by atoms with Gasteiger partial charge in [0.05, 0.1) is 6.42 Å². The smallest absolute Gasteiger partial charge is 0.305 e. The topological polar surface area (TPSA) is 63.3 Å². The molecule has 0 saturated heterocycles. The van der Waals surface area contributed by atoms with Crippen LogP contribution >= 0.6 is 15.9 Å². The SMILES string of the molecule is CC(C)(C)c1cc(Br)cc([C@H](N)CC(=O)O)c1. The Morgan fingerprint density at radius 2 is 2.00 bits per heavy atom. The van der Waals surface area contributed by atoms with Gasteiger partial charge in [0.25, 0.3) is 0 Å². The van der Waals surface area contributed by atoms with Crippen LogP contribution < -0.4 is 5.73 Å². The molecule has 0 unspecified atom stereocenters. The number of rotatable bonds is 3. The number of hydrogen-bond donors (Lipinski definition) is 2. The quantitative estimate of drug-likeness (QED) is 0.901. The van der Waals surface area contributed by atoms with Crippen molar-refractivity contribution in [3.05, 3.63) is 33.8 Å². The number of halogens is 1. The average molecular weight is 300 g/mol. The summed E-state index contributed by atoms with van der Waals surface area (Å²) in [6, 6.07) is 5.43. The Hall–Kier alpha value is -0.870. The summed E-state index contributed by atoms with van der Waals surface area (Å²) in [5.74, 6) is -0.880. The van der Waals surface area contributed by atoms with Gasteiger partial charge in [0, 0.05) is 10.5 Å². The molecule has 17 heavy (non-hydrogen) atoms. The van der Waals surface area contributed by atoms with Crippen molar-refractivity contribution in [1.29, 1.82) is 0 Å².